The summed E-state index contributed by atoms with van der Waals surface area (Å²) in [5.41, 5.74) is 1.41. The van der Waals surface area contributed by atoms with Crippen LogP contribution in [0, 0.1) is 12.8 Å². The largest absolute Gasteiger partial charge is 0.378 e. The number of ether oxygens (including phenoxy) is 1. The van der Waals surface area contributed by atoms with Crippen LogP contribution in [0.3, 0.4) is 0 Å². The summed E-state index contributed by atoms with van der Waals surface area (Å²) < 4.78 is 5.34. The molecule has 19 heavy (non-hydrogen) atoms. The topological polar surface area (TPSA) is 24.5 Å². The summed E-state index contributed by atoms with van der Waals surface area (Å²) in [6.45, 7) is 10.8. The maximum Gasteiger partial charge on any atom is 0.0642 e. The molecule has 110 valence electrons. The molecule has 1 rings (SSSR count). The van der Waals surface area contributed by atoms with Gasteiger partial charge in [-0.2, -0.15) is 0 Å². The maximum atomic E-state index is 5.34. The van der Waals surface area contributed by atoms with Gasteiger partial charge >= 0.3 is 0 Å². The van der Waals surface area contributed by atoms with Gasteiger partial charge in [0.25, 0.3) is 0 Å². The standard InChI is InChI=1S/C12H22N2O.C2H6.C2H2/c1-3-12(6-4-5-7-13-2)14-8-10-15-11-9-14;2*1-2/h3-5,13H,6-11H2,1-2H3;1-2H3;1-2H/b5-4-,12-3+;;. The van der Waals surface area contributed by atoms with Gasteiger partial charge in [-0.1, -0.05) is 32.1 Å². The van der Waals surface area contributed by atoms with Crippen molar-refractivity contribution in [2.24, 2.45) is 0 Å². The van der Waals surface area contributed by atoms with Gasteiger partial charge in [0.05, 0.1) is 13.2 Å². The number of hydrogen-bond donors (Lipinski definition) is 1. The molecular weight excluding hydrogens is 236 g/mol. The van der Waals surface area contributed by atoms with E-state index >= 15 is 0 Å². The molecule has 0 spiro atoms. The highest BCUT2D eigenvalue weighted by molar-refractivity contribution is 5.06. The summed E-state index contributed by atoms with van der Waals surface area (Å²) in [5, 5.41) is 3.10. The molecule has 0 radical (unpaired) electrons. The van der Waals surface area contributed by atoms with E-state index in [4.69, 9.17) is 4.74 Å². The van der Waals surface area contributed by atoms with Crippen LogP contribution in [0.4, 0.5) is 0 Å². The van der Waals surface area contributed by atoms with Gasteiger partial charge in [-0.15, -0.1) is 12.8 Å². The first-order valence-electron chi connectivity index (χ1n) is 6.99. The third-order valence-corrected chi connectivity index (χ3v) is 2.57. The summed E-state index contributed by atoms with van der Waals surface area (Å²) >= 11 is 0. The number of allylic oxidation sites excluding steroid dienone is 2. The molecule has 3 nitrogen and oxygen atoms in total. The van der Waals surface area contributed by atoms with Crippen molar-refractivity contribution in [1.82, 2.24) is 10.2 Å². The van der Waals surface area contributed by atoms with Gasteiger partial charge in [0.2, 0.25) is 0 Å². The smallest absolute Gasteiger partial charge is 0.0642 e. The highest BCUT2D eigenvalue weighted by atomic mass is 16.5. The van der Waals surface area contributed by atoms with Gasteiger partial charge in [-0.3, -0.25) is 0 Å². The van der Waals surface area contributed by atoms with E-state index in [9.17, 15) is 0 Å². The SMILES string of the molecule is C#C.C/C=C(\C/C=C\CNC)N1CCOCC1.CC. The van der Waals surface area contributed by atoms with Crippen LogP contribution in [0.1, 0.15) is 27.2 Å². The molecule has 0 aromatic heterocycles. The molecule has 1 aliphatic rings. The zero-order chi connectivity index (χ0) is 14.9. The van der Waals surface area contributed by atoms with E-state index in [0.29, 0.717) is 0 Å². The molecule has 0 aliphatic carbocycles. The molecular formula is C16H30N2O. The van der Waals surface area contributed by atoms with Crippen molar-refractivity contribution >= 4 is 0 Å². The Morgan fingerprint density at radius 3 is 2.26 bits per heavy atom. The fraction of sp³-hybridized carbons (Fsp3) is 0.625. The molecule has 0 saturated carbocycles. The second-order valence-electron chi connectivity index (χ2n) is 3.61. The lowest BCUT2D eigenvalue weighted by atomic mass is 10.2. The van der Waals surface area contributed by atoms with Crippen LogP contribution < -0.4 is 5.32 Å². The quantitative estimate of drug-likeness (QED) is 0.611. The van der Waals surface area contributed by atoms with Crippen LogP contribution in [0.2, 0.25) is 0 Å². The normalized spacial score (nSPS) is 15.3. The van der Waals surface area contributed by atoms with E-state index in [2.05, 4.69) is 48.2 Å². The molecule has 0 atom stereocenters. The van der Waals surface area contributed by atoms with Gasteiger partial charge < -0.3 is 15.0 Å². The van der Waals surface area contributed by atoms with Crippen LogP contribution in [-0.4, -0.2) is 44.8 Å². The lowest BCUT2D eigenvalue weighted by molar-refractivity contribution is 0.0527. The Balaban J connectivity index is 0. The number of likely N-dealkylation sites (N-methyl/N-ethyl adjacent to an activating group) is 1. The monoisotopic (exact) mass is 266 g/mol. The van der Waals surface area contributed by atoms with Crippen molar-refractivity contribution < 1.29 is 4.74 Å². The Morgan fingerprint density at radius 1 is 1.21 bits per heavy atom. The second-order valence-corrected chi connectivity index (χ2v) is 3.61. The van der Waals surface area contributed by atoms with Crippen LogP contribution in [0.5, 0.6) is 0 Å². The molecule has 0 aromatic carbocycles. The Kier molecular flexibility index (Phi) is 17.7. The Labute approximate surface area is 119 Å². The van der Waals surface area contributed by atoms with Crippen molar-refractivity contribution in [2.75, 3.05) is 39.9 Å². The minimum absolute atomic E-state index is 0.859. The Hall–Kier alpha value is -1.24. The van der Waals surface area contributed by atoms with E-state index in [1.165, 1.54) is 5.70 Å². The summed E-state index contributed by atoms with van der Waals surface area (Å²) in [7, 11) is 1.96. The highest BCUT2D eigenvalue weighted by Crippen LogP contribution is 2.11. The fourth-order valence-corrected chi connectivity index (χ4v) is 1.69. The molecule has 1 fully saturated rings. The summed E-state index contributed by atoms with van der Waals surface area (Å²) in [5.74, 6) is 0. The summed E-state index contributed by atoms with van der Waals surface area (Å²) in [6.07, 6.45) is 15.6. The average Bonchev–Trinajstić information content (AvgIpc) is 2.52. The van der Waals surface area contributed by atoms with Gasteiger partial charge in [-0.25, -0.2) is 0 Å². The van der Waals surface area contributed by atoms with E-state index in [0.717, 1.165) is 39.3 Å². The van der Waals surface area contributed by atoms with Crippen LogP contribution in [0.15, 0.2) is 23.9 Å². The number of nitrogens with one attached hydrogen (secondary N) is 1. The number of morpholine rings is 1. The predicted molar refractivity (Wildman–Crippen MR) is 85.1 cm³/mol. The lowest BCUT2D eigenvalue weighted by Crippen LogP contribution is -2.35. The van der Waals surface area contributed by atoms with Gasteiger partial charge in [0.1, 0.15) is 0 Å². The molecule has 1 N–H and O–H groups in total. The number of terminal acetylenes is 1. The fourth-order valence-electron chi connectivity index (χ4n) is 1.69. The maximum absolute atomic E-state index is 5.34. The van der Waals surface area contributed by atoms with E-state index in [-0.39, 0.29) is 0 Å². The van der Waals surface area contributed by atoms with Gasteiger partial charge in [0, 0.05) is 31.8 Å². The molecule has 1 heterocycles. The third kappa shape index (κ3) is 10.4. The van der Waals surface area contributed by atoms with Crippen molar-refractivity contribution in [3.63, 3.8) is 0 Å². The zero-order valence-electron chi connectivity index (χ0n) is 13.0. The van der Waals surface area contributed by atoms with E-state index in [1.54, 1.807) is 0 Å². The van der Waals surface area contributed by atoms with Crippen LogP contribution in [-0.2, 0) is 4.74 Å². The summed E-state index contributed by atoms with van der Waals surface area (Å²) in [6, 6.07) is 0. The molecule has 1 saturated heterocycles. The van der Waals surface area contributed by atoms with Crippen molar-refractivity contribution in [3.05, 3.63) is 23.9 Å². The van der Waals surface area contributed by atoms with Gasteiger partial charge in [-0.05, 0) is 14.0 Å². The first-order chi connectivity index (χ1) is 9.38. The second kappa shape index (κ2) is 16.8. The number of hydrogen-bond acceptors (Lipinski definition) is 3. The molecule has 1 aliphatic heterocycles. The van der Waals surface area contributed by atoms with Crippen molar-refractivity contribution in [3.8, 4) is 12.8 Å². The Bertz CT molecular complexity index is 251. The number of nitrogens with zero attached hydrogens (tertiary/aromatic N) is 1. The van der Waals surface area contributed by atoms with E-state index in [1.807, 2.05) is 20.9 Å². The lowest BCUT2D eigenvalue weighted by Gasteiger charge is -2.30. The zero-order valence-corrected chi connectivity index (χ0v) is 13.0. The minimum Gasteiger partial charge on any atom is -0.378 e. The van der Waals surface area contributed by atoms with Crippen molar-refractivity contribution in [2.45, 2.75) is 27.2 Å². The first-order valence-corrected chi connectivity index (χ1v) is 6.99. The van der Waals surface area contributed by atoms with Gasteiger partial charge in [0.15, 0.2) is 0 Å². The molecule has 3 heteroatoms. The Morgan fingerprint density at radius 2 is 1.79 bits per heavy atom. The van der Waals surface area contributed by atoms with E-state index < -0.39 is 0 Å². The molecule has 0 aromatic rings. The van der Waals surface area contributed by atoms with Crippen molar-refractivity contribution in [1.29, 1.82) is 0 Å². The molecule has 0 bridgehead atoms. The third-order valence-electron chi connectivity index (χ3n) is 2.57. The summed E-state index contributed by atoms with van der Waals surface area (Å²) in [4.78, 5) is 2.41. The highest BCUT2D eigenvalue weighted by Gasteiger charge is 2.11. The van der Waals surface area contributed by atoms with Crippen LogP contribution in [0.25, 0.3) is 0 Å². The average molecular weight is 266 g/mol. The molecule has 0 amide bonds. The minimum atomic E-state index is 0.859. The first kappa shape index (κ1) is 20.1. The number of rotatable bonds is 5. The molecule has 0 unspecified atom stereocenters. The van der Waals surface area contributed by atoms with Crippen LogP contribution >= 0.6 is 0 Å². The predicted octanol–water partition coefficient (Wildman–Crippen LogP) is 2.66.